The zero-order valence-electron chi connectivity index (χ0n) is 9.36. The molecule has 90 valence electrons. The first kappa shape index (κ1) is 13.2. The predicted octanol–water partition coefficient (Wildman–Crippen LogP) is 1.26. The topological polar surface area (TPSA) is 38.5 Å². The molecule has 0 bridgehead atoms. The molecule has 0 aromatic rings. The van der Waals surface area contributed by atoms with Crippen molar-refractivity contribution >= 4 is 12.4 Å². The van der Waals surface area contributed by atoms with Crippen molar-refractivity contribution in [2.75, 3.05) is 32.8 Å². The first-order chi connectivity index (χ1) is 6.84. The highest BCUT2D eigenvalue weighted by Gasteiger charge is 2.20. The predicted molar refractivity (Wildman–Crippen MR) is 64.4 cm³/mol. The average molecular weight is 235 g/mol. The molecule has 0 aliphatic carbocycles. The summed E-state index contributed by atoms with van der Waals surface area (Å²) in [4.78, 5) is 2.58. The molecule has 0 spiro atoms. The minimum absolute atomic E-state index is 0. The fourth-order valence-corrected chi connectivity index (χ4v) is 2.43. The lowest BCUT2D eigenvalue weighted by molar-refractivity contribution is 0.0489. The molecule has 2 saturated heterocycles. The van der Waals surface area contributed by atoms with Crippen LogP contribution in [0.1, 0.15) is 25.7 Å². The maximum atomic E-state index is 5.88. The third-order valence-corrected chi connectivity index (χ3v) is 3.49. The molecule has 0 atom stereocenters. The van der Waals surface area contributed by atoms with E-state index in [0.29, 0.717) is 6.04 Å². The molecule has 0 amide bonds. The van der Waals surface area contributed by atoms with Gasteiger partial charge in [-0.3, -0.25) is 0 Å². The lowest BCUT2D eigenvalue weighted by atomic mass is 9.97. The van der Waals surface area contributed by atoms with Gasteiger partial charge in [-0.1, -0.05) is 0 Å². The number of nitrogens with zero attached hydrogens (tertiary/aromatic N) is 1. The smallest absolute Gasteiger partial charge is 0.0469 e. The normalized spacial score (nSPS) is 26.2. The Kier molecular flexibility index (Phi) is 5.90. The quantitative estimate of drug-likeness (QED) is 0.782. The van der Waals surface area contributed by atoms with E-state index in [4.69, 9.17) is 10.5 Å². The summed E-state index contributed by atoms with van der Waals surface area (Å²) in [6.07, 6.45) is 4.87. The van der Waals surface area contributed by atoms with Crippen molar-refractivity contribution in [3.8, 4) is 0 Å². The van der Waals surface area contributed by atoms with E-state index >= 15 is 0 Å². The highest BCUT2D eigenvalue weighted by atomic mass is 35.5. The molecule has 2 heterocycles. The van der Waals surface area contributed by atoms with Gasteiger partial charge in [-0.2, -0.15) is 0 Å². The highest BCUT2D eigenvalue weighted by molar-refractivity contribution is 5.85. The number of hydrogen-bond acceptors (Lipinski definition) is 3. The molecular formula is C11H23ClN2O. The summed E-state index contributed by atoms with van der Waals surface area (Å²) in [5, 5.41) is 0. The van der Waals surface area contributed by atoms with Gasteiger partial charge in [0.25, 0.3) is 0 Å². The highest BCUT2D eigenvalue weighted by Crippen LogP contribution is 2.18. The molecule has 3 nitrogen and oxygen atoms in total. The molecule has 2 N–H and O–H groups in total. The van der Waals surface area contributed by atoms with Crippen LogP contribution in [-0.2, 0) is 4.74 Å². The molecule has 2 aliphatic rings. The molecule has 0 saturated carbocycles. The molecule has 4 heteroatoms. The summed E-state index contributed by atoms with van der Waals surface area (Å²) < 4.78 is 5.37. The second-order valence-electron chi connectivity index (χ2n) is 4.69. The number of ether oxygens (including phenoxy) is 1. The molecule has 0 unspecified atom stereocenters. The Morgan fingerprint density at radius 1 is 1.07 bits per heavy atom. The van der Waals surface area contributed by atoms with E-state index in [1.165, 1.54) is 45.3 Å². The summed E-state index contributed by atoms with van der Waals surface area (Å²) >= 11 is 0. The van der Waals surface area contributed by atoms with Gasteiger partial charge < -0.3 is 15.4 Å². The van der Waals surface area contributed by atoms with E-state index in [1.54, 1.807) is 0 Å². The van der Waals surface area contributed by atoms with Gasteiger partial charge in [-0.25, -0.2) is 0 Å². The van der Waals surface area contributed by atoms with Crippen molar-refractivity contribution in [3.63, 3.8) is 0 Å². The van der Waals surface area contributed by atoms with Crippen LogP contribution in [0.15, 0.2) is 0 Å². The third kappa shape index (κ3) is 4.27. The summed E-state index contributed by atoms with van der Waals surface area (Å²) in [5.74, 6) is 0.873. The zero-order valence-corrected chi connectivity index (χ0v) is 10.2. The Labute approximate surface area is 98.7 Å². The van der Waals surface area contributed by atoms with E-state index in [-0.39, 0.29) is 12.4 Å². The van der Waals surface area contributed by atoms with Crippen LogP contribution in [0.4, 0.5) is 0 Å². The van der Waals surface area contributed by atoms with Crippen LogP contribution in [-0.4, -0.2) is 43.8 Å². The maximum absolute atomic E-state index is 5.88. The Balaban J connectivity index is 0.00000112. The van der Waals surface area contributed by atoms with Crippen LogP contribution < -0.4 is 5.73 Å². The van der Waals surface area contributed by atoms with Gasteiger partial charge in [-0.15, -0.1) is 12.4 Å². The largest absolute Gasteiger partial charge is 0.381 e. The van der Waals surface area contributed by atoms with Crippen LogP contribution in [0.5, 0.6) is 0 Å². The molecule has 0 aromatic heterocycles. The van der Waals surface area contributed by atoms with Crippen molar-refractivity contribution in [3.05, 3.63) is 0 Å². The van der Waals surface area contributed by atoms with Gasteiger partial charge >= 0.3 is 0 Å². The van der Waals surface area contributed by atoms with Crippen molar-refractivity contribution in [2.45, 2.75) is 31.7 Å². The van der Waals surface area contributed by atoms with Crippen LogP contribution in [0, 0.1) is 5.92 Å². The van der Waals surface area contributed by atoms with Crippen LogP contribution in [0.2, 0.25) is 0 Å². The fourth-order valence-electron chi connectivity index (χ4n) is 2.43. The van der Waals surface area contributed by atoms with E-state index in [1.807, 2.05) is 0 Å². The Hall–Kier alpha value is 0.170. The Morgan fingerprint density at radius 2 is 1.67 bits per heavy atom. The van der Waals surface area contributed by atoms with Crippen molar-refractivity contribution in [1.82, 2.24) is 4.90 Å². The van der Waals surface area contributed by atoms with Crippen LogP contribution in [0.3, 0.4) is 0 Å². The number of halogens is 1. The summed E-state index contributed by atoms with van der Waals surface area (Å²) in [7, 11) is 0. The van der Waals surface area contributed by atoms with E-state index in [2.05, 4.69) is 4.90 Å². The van der Waals surface area contributed by atoms with Gasteiger partial charge in [0.15, 0.2) is 0 Å². The van der Waals surface area contributed by atoms with Gasteiger partial charge in [0.1, 0.15) is 0 Å². The summed E-state index contributed by atoms with van der Waals surface area (Å²) in [6, 6.07) is 0.459. The number of rotatable bonds is 2. The van der Waals surface area contributed by atoms with E-state index < -0.39 is 0 Å². The molecule has 2 aliphatic heterocycles. The van der Waals surface area contributed by atoms with Crippen molar-refractivity contribution < 1.29 is 4.74 Å². The van der Waals surface area contributed by atoms with Gasteiger partial charge in [0.05, 0.1) is 0 Å². The van der Waals surface area contributed by atoms with Crippen LogP contribution >= 0.6 is 12.4 Å². The first-order valence-electron chi connectivity index (χ1n) is 5.90. The molecule has 2 fully saturated rings. The molecule has 0 radical (unpaired) electrons. The molecule has 0 aromatic carbocycles. The van der Waals surface area contributed by atoms with E-state index in [0.717, 1.165) is 19.1 Å². The number of hydrogen-bond donors (Lipinski definition) is 1. The first-order valence-corrected chi connectivity index (χ1v) is 5.90. The van der Waals surface area contributed by atoms with Gasteiger partial charge in [0, 0.05) is 25.8 Å². The minimum Gasteiger partial charge on any atom is -0.381 e. The number of piperidine rings is 1. The maximum Gasteiger partial charge on any atom is 0.0469 e. The second kappa shape index (κ2) is 6.69. The van der Waals surface area contributed by atoms with Gasteiger partial charge in [0.2, 0.25) is 0 Å². The summed E-state index contributed by atoms with van der Waals surface area (Å²) in [5.41, 5.74) is 5.88. The second-order valence-corrected chi connectivity index (χ2v) is 4.69. The van der Waals surface area contributed by atoms with Crippen LogP contribution in [0.25, 0.3) is 0 Å². The third-order valence-electron chi connectivity index (χ3n) is 3.49. The number of likely N-dealkylation sites (tertiary alicyclic amines) is 1. The SMILES string of the molecule is Cl.NC1CCN(CC2CCOCC2)CC1. The zero-order chi connectivity index (χ0) is 9.80. The lowest BCUT2D eigenvalue weighted by Gasteiger charge is -2.34. The minimum atomic E-state index is 0. The van der Waals surface area contributed by atoms with Gasteiger partial charge in [-0.05, 0) is 44.7 Å². The molecule has 15 heavy (non-hydrogen) atoms. The Bertz CT molecular complexity index is 166. The summed E-state index contributed by atoms with van der Waals surface area (Å²) in [6.45, 7) is 5.63. The van der Waals surface area contributed by atoms with Crippen molar-refractivity contribution in [2.24, 2.45) is 11.7 Å². The Morgan fingerprint density at radius 3 is 2.27 bits per heavy atom. The average Bonchev–Trinajstić information content (AvgIpc) is 2.23. The standard InChI is InChI=1S/C11H22N2O.ClH/c12-11-1-5-13(6-2-11)9-10-3-7-14-8-4-10;/h10-11H,1-9,12H2;1H. The fraction of sp³-hybridized carbons (Fsp3) is 1.00. The number of nitrogens with two attached hydrogens (primary N) is 1. The monoisotopic (exact) mass is 234 g/mol. The lowest BCUT2D eigenvalue weighted by Crippen LogP contribution is -2.42. The molecule has 2 rings (SSSR count). The van der Waals surface area contributed by atoms with E-state index in [9.17, 15) is 0 Å². The molecular weight excluding hydrogens is 212 g/mol. The van der Waals surface area contributed by atoms with Crippen molar-refractivity contribution in [1.29, 1.82) is 0 Å².